The highest BCUT2D eigenvalue weighted by atomic mass is 16.1. The van der Waals surface area contributed by atoms with E-state index < -0.39 is 0 Å². The van der Waals surface area contributed by atoms with Crippen molar-refractivity contribution in [2.75, 3.05) is 37.0 Å². The van der Waals surface area contributed by atoms with E-state index in [-0.39, 0.29) is 5.92 Å². The Labute approximate surface area is 101 Å². The van der Waals surface area contributed by atoms with Crippen LogP contribution >= 0.6 is 0 Å². The maximum atomic E-state index is 10.8. The van der Waals surface area contributed by atoms with Gasteiger partial charge in [-0.25, -0.2) is 4.98 Å². The Hall–Kier alpha value is -1.65. The molecule has 1 aliphatic rings. The van der Waals surface area contributed by atoms with Gasteiger partial charge in [-0.3, -0.25) is 0 Å². The first-order chi connectivity index (χ1) is 8.20. The average Bonchev–Trinajstić information content (AvgIpc) is 2.39. The van der Waals surface area contributed by atoms with Crippen molar-refractivity contribution in [2.45, 2.75) is 12.8 Å². The van der Waals surface area contributed by atoms with E-state index in [1.807, 2.05) is 25.1 Å². The van der Waals surface area contributed by atoms with Crippen molar-refractivity contribution in [1.82, 2.24) is 9.97 Å². The summed E-state index contributed by atoms with van der Waals surface area (Å²) in [5, 5.41) is 0. The summed E-state index contributed by atoms with van der Waals surface area (Å²) in [6, 6.07) is 1.90. The molecule has 1 unspecified atom stereocenters. The van der Waals surface area contributed by atoms with E-state index in [4.69, 9.17) is 0 Å². The molecule has 1 saturated heterocycles. The molecule has 0 bridgehead atoms. The standard InChI is InChI=1S/C12H18N4O/c1-15(2)12-13-6-5-11(14-12)16-7-3-4-10(8-16)9-17/h5-6,9-10H,3-4,7-8H2,1-2H3. The quantitative estimate of drug-likeness (QED) is 0.729. The first kappa shape index (κ1) is 11.8. The fourth-order valence-electron chi connectivity index (χ4n) is 2.06. The van der Waals surface area contributed by atoms with E-state index in [9.17, 15) is 4.79 Å². The summed E-state index contributed by atoms with van der Waals surface area (Å²) in [5.74, 6) is 1.76. The van der Waals surface area contributed by atoms with E-state index in [0.717, 1.165) is 38.0 Å². The van der Waals surface area contributed by atoms with Gasteiger partial charge in [0, 0.05) is 39.3 Å². The highest BCUT2D eigenvalue weighted by Gasteiger charge is 2.20. The van der Waals surface area contributed by atoms with Gasteiger partial charge in [0.2, 0.25) is 5.95 Å². The summed E-state index contributed by atoms with van der Waals surface area (Å²) in [5.41, 5.74) is 0. The number of piperidine rings is 1. The number of anilines is 2. The molecular formula is C12H18N4O. The summed E-state index contributed by atoms with van der Waals surface area (Å²) in [4.78, 5) is 23.6. The van der Waals surface area contributed by atoms with Crippen molar-refractivity contribution >= 4 is 18.1 Å². The van der Waals surface area contributed by atoms with Crippen molar-refractivity contribution in [3.8, 4) is 0 Å². The largest absolute Gasteiger partial charge is 0.356 e. The normalized spacial score (nSPS) is 20.1. The minimum absolute atomic E-state index is 0.140. The predicted octanol–water partition coefficient (Wildman–Crippen LogP) is 0.958. The summed E-state index contributed by atoms with van der Waals surface area (Å²) in [7, 11) is 3.84. The maximum absolute atomic E-state index is 10.8. The van der Waals surface area contributed by atoms with Crippen molar-refractivity contribution in [3.63, 3.8) is 0 Å². The van der Waals surface area contributed by atoms with Gasteiger partial charge in [-0.2, -0.15) is 4.98 Å². The molecule has 0 aliphatic carbocycles. The third kappa shape index (κ3) is 2.72. The van der Waals surface area contributed by atoms with E-state index >= 15 is 0 Å². The fraction of sp³-hybridized carbons (Fsp3) is 0.583. The summed E-state index contributed by atoms with van der Waals surface area (Å²) >= 11 is 0. The fourth-order valence-corrected chi connectivity index (χ4v) is 2.06. The first-order valence-electron chi connectivity index (χ1n) is 5.91. The lowest BCUT2D eigenvalue weighted by Gasteiger charge is -2.31. The lowest BCUT2D eigenvalue weighted by Crippen LogP contribution is -2.36. The zero-order valence-electron chi connectivity index (χ0n) is 10.3. The van der Waals surface area contributed by atoms with Gasteiger partial charge in [-0.1, -0.05) is 0 Å². The van der Waals surface area contributed by atoms with Gasteiger partial charge >= 0.3 is 0 Å². The van der Waals surface area contributed by atoms with E-state index in [0.29, 0.717) is 5.95 Å². The molecule has 2 heterocycles. The Bertz CT molecular complexity index is 394. The summed E-state index contributed by atoms with van der Waals surface area (Å²) in [6.45, 7) is 1.74. The van der Waals surface area contributed by atoms with E-state index in [1.165, 1.54) is 0 Å². The van der Waals surface area contributed by atoms with Crippen LogP contribution in [0.5, 0.6) is 0 Å². The predicted molar refractivity (Wildman–Crippen MR) is 67.4 cm³/mol. The van der Waals surface area contributed by atoms with Gasteiger partial charge in [0.25, 0.3) is 0 Å². The first-order valence-corrected chi connectivity index (χ1v) is 5.91. The van der Waals surface area contributed by atoms with E-state index in [2.05, 4.69) is 14.9 Å². The monoisotopic (exact) mass is 234 g/mol. The Balaban J connectivity index is 2.15. The van der Waals surface area contributed by atoms with Crippen LogP contribution < -0.4 is 9.80 Å². The molecule has 0 aromatic carbocycles. The van der Waals surface area contributed by atoms with Crippen molar-refractivity contribution < 1.29 is 4.79 Å². The third-order valence-corrected chi connectivity index (χ3v) is 3.00. The van der Waals surface area contributed by atoms with Crippen LogP contribution in [0.1, 0.15) is 12.8 Å². The van der Waals surface area contributed by atoms with Gasteiger partial charge in [-0.05, 0) is 18.9 Å². The SMILES string of the molecule is CN(C)c1nccc(N2CCCC(C=O)C2)n1. The van der Waals surface area contributed by atoms with Crippen molar-refractivity contribution in [2.24, 2.45) is 5.92 Å². The van der Waals surface area contributed by atoms with Crippen molar-refractivity contribution in [3.05, 3.63) is 12.3 Å². The van der Waals surface area contributed by atoms with Gasteiger partial charge in [0.1, 0.15) is 12.1 Å². The lowest BCUT2D eigenvalue weighted by atomic mass is 10.00. The molecule has 1 aromatic heterocycles. The van der Waals surface area contributed by atoms with Crippen LogP contribution in [0.4, 0.5) is 11.8 Å². The van der Waals surface area contributed by atoms with Gasteiger partial charge in [0.05, 0.1) is 0 Å². The number of hydrogen-bond donors (Lipinski definition) is 0. The zero-order valence-corrected chi connectivity index (χ0v) is 10.3. The highest BCUT2D eigenvalue weighted by Crippen LogP contribution is 2.21. The molecule has 0 radical (unpaired) electrons. The van der Waals surface area contributed by atoms with Crippen LogP contribution in [0.3, 0.4) is 0 Å². The van der Waals surface area contributed by atoms with Crippen LogP contribution in [-0.2, 0) is 4.79 Å². The van der Waals surface area contributed by atoms with Crippen LogP contribution in [0, 0.1) is 5.92 Å². The Morgan fingerprint density at radius 3 is 3.06 bits per heavy atom. The minimum atomic E-state index is 0.140. The van der Waals surface area contributed by atoms with Crippen molar-refractivity contribution in [1.29, 1.82) is 0 Å². The second kappa shape index (κ2) is 5.12. The summed E-state index contributed by atoms with van der Waals surface area (Å²) in [6.07, 6.45) is 4.86. The molecule has 0 saturated carbocycles. The molecule has 1 aromatic rings. The molecule has 92 valence electrons. The number of nitrogens with zero attached hydrogens (tertiary/aromatic N) is 4. The second-order valence-electron chi connectivity index (χ2n) is 4.59. The van der Waals surface area contributed by atoms with Crippen LogP contribution in [0.15, 0.2) is 12.3 Å². The molecule has 2 rings (SSSR count). The Morgan fingerprint density at radius 1 is 1.53 bits per heavy atom. The van der Waals surface area contributed by atoms with Crippen LogP contribution in [0.2, 0.25) is 0 Å². The average molecular weight is 234 g/mol. The number of rotatable bonds is 3. The van der Waals surface area contributed by atoms with Gasteiger partial charge in [0.15, 0.2) is 0 Å². The number of carbonyl (C=O) groups is 1. The number of carbonyl (C=O) groups excluding carboxylic acids is 1. The molecule has 0 spiro atoms. The minimum Gasteiger partial charge on any atom is -0.356 e. The highest BCUT2D eigenvalue weighted by molar-refractivity contribution is 5.56. The smallest absolute Gasteiger partial charge is 0.226 e. The molecule has 5 nitrogen and oxygen atoms in total. The Kier molecular flexibility index (Phi) is 3.56. The number of aldehydes is 1. The van der Waals surface area contributed by atoms with Crippen LogP contribution in [-0.4, -0.2) is 43.4 Å². The van der Waals surface area contributed by atoms with Gasteiger partial charge < -0.3 is 14.6 Å². The number of aromatic nitrogens is 2. The van der Waals surface area contributed by atoms with Gasteiger partial charge in [-0.15, -0.1) is 0 Å². The second-order valence-corrected chi connectivity index (χ2v) is 4.59. The Morgan fingerprint density at radius 2 is 2.35 bits per heavy atom. The molecule has 17 heavy (non-hydrogen) atoms. The molecule has 0 N–H and O–H groups in total. The molecule has 1 aliphatic heterocycles. The van der Waals surface area contributed by atoms with E-state index in [1.54, 1.807) is 6.20 Å². The third-order valence-electron chi connectivity index (χ3n) is 3.00. The summed E-state index contributed by atoms with van der Waals surface area (Å²) < 4.78 is 0. The molecule has 1 atom stereocenters. The number of hydrogen-bond acceptors (Lipinski definition) is 5. The maximum Gasteiger partial charge on any atom is 0.226 e. The zero-order chi connectivity index (χ0) is 12.3. The topological polar surface area (TPSA) is 49.3 Å². The molecule has 0 amide bonds. The van der Waals surface area contributed by atoms with Crippen LogP contribution in [0.25, 0.3) is 0 Å². The lowest BCUT2D eigenvalue weighted by molar-refractivity contribution is -0.111. The molecule has 5 heteroatoms. The molecule has 1 fully saturated rings. The molecular weight excluding hydrogens is 216 g/mol.